The van der Waals surface area contributed by atoms with E-state index in [9.17, 15) is 4.79 Å². The number of nitrogens with two attached hydrogens (primary N) is 1. The molecule has 2 saturated heterocycles. The molecular weight excluding hydrogens is 270 g/mol. The number of hydrogen-bond acceptors (Lipinski definition) is 4. The highest BCUT2D eigenvalue weighted by atomic mass is 32.1. The molecule has 1 atom stereocenters. The number of carbonyl (C=O) groups excluding carboxylic acids is 1. The van der Waals surface area contributed by atoms with Gasteiger partial charge >= 0.3 is 0 Å². The Morgan fingerprint density at radius 2 is 2.10 bits per heavy atom. The van der Waals surface area contributed by atoms with Crippen molar-refractivity contribution >= 4 is 17.2 Å². The van der Waals surface area contributed by atoms with Gasteiger partial charge in [0.25, 0.3) is 0 Å². The molecule has 1 aromatic heterocycles. The lowest BCUT2D eigenvalue weighted by molar-refractivity contribution is -0.129. The summed E-state index contributed by atoms with van der Waals surface area (Å²) in [7, 11) is 0. The summed E-state index contributed by atoms with van der Waals surface area (Å²) in [6.45, 7) is 4.01. The average Bonchev–Trinajstić information content (AvgIpc) is 3.10. The SMILES string of the molecule is NC1CCN(C2CCN(C(=O)Cc3cccs3)C2)CC1. The van der Waals surface area contributed by atoms with Crippen LogP contribution in [0.4, 0.5) is 0 Å². The molecule has 0 radical (unpaired) electrons. The van der Waals surface area contributed by atoms with Crippen LogP contribution in [0.5, 0.6) is 0 Å². The van der Waals surface area contributed by atoms with Crippen LogP contribution in [0.25, 0.3) is 0 Å². The third-order valence-electron chi connectivity index (χ3n) is 4.51. The highest BCUT2D eigenvalue weighted by Gasteiger charge is 2.31. The first-order valence-corrected chi connectivity index (χ1v) is 8.40. The van der Waals surface area contributed by atoms with Gasteiger partial charge in [-0.3, -0.25) is 9.69 Å². The number of likely N-dealkylation sites (tertiary alicyclic amines) is 2. The van der Waals surface area contributed by atoms with Gasteiger partial charge in [0.05, 0.1) is 6.42 Å². The van der Waals surface area contributed by atoms with Gasteiger partial charge in [0.15, 0.2) is 0 Å². The molecule has 1 unspecified atom stereocenters. The van der Waals surface area contributed by atoms with Crippen LogP contribution in [0, 0.1) is 0 Å². The molecule has 3 rings (SSSR count). The lowest BCUT2D eigenvalue weighted by atomic mass is 10.0. The van der Waals surface area contributed by atoms with Crippen LogP contribution < -0.4 is 5.73 Å². The molecule has 0 aromatic carbocycles. The van der Waals surface area contributed by atoms with Gasteiger partial charge in [0.2, 0.25) is 5.91 Å². The van der Waals surface area contributed by atoms with Crippen LogP contribution in [0.3, 0.4) is 0 Å². The Labute approximate surface area is 124 Å². The molecule has 1 amide bonds. The molecule has 20 heavy (non-hydrogen) atoms. The Kier molecular flexibility index (Phi) is 4.38. The fraction of sp³-hybridized carbons (Fsp3) is 0.667. The summed E-state index contributed by atoms with van der Waals surface area (Å²) in [5.74, 6) is 0.281. The van der Waals surface area contributed by atoms with Crippen molar-refractivity contribution in [1.29, 1.82) is 0 Å². The van der Waals surface area contributed by atoms with E-state index in [0.717, 1.165) is 45.4 Å². The number of rotatable bonds is 3. The monoisotopic (exact) mass is 293 g/mol. The van der Waals surface area contributed by atoms with E-state index in [-0.39, 0.29) is 5.91 Å². The number of carbonyl (C=O) groups is 1. The standard InChI is InChI=1S/C15H23N3OS/c16-12-3-6-17(7-4-12)13-5-8-18(11-13)15(19)10-14-2-1-9-20-14/h1-2,9,12-13H,3-8,10-11,16H2. The Morgan fingerprint density at radius 3 is 2.80 bits per heavy atom. The maximum atomic E-state index is 12.3. The summed E-state index contributed by atoms with van der Waals surface area (Å²) in [6, 6.07) is 4.98. The minimum absolute atomic E-state index is 0.281. The van der Waals surface area contributed by atoms with Crippen LogP contribution in [-0.4, -0.2) is 54.0 Å². The number of piperidine rings is 1. The van der Waals surface area contributed by atoms with Crippen LogP contribution >= 0.6 is 11.3 Å². The van der Waals surface area contributed by atoms with Crippen LogP contribution in [-0.2, 0) is 11.2 Å². The normalized spacial score (nSPS) is 25.2. The van der Waals surface area contributed by atoms with Crippen molar-refractivity contribution < 1.29 is 4.79 Å². The molecule has 3 heterocycles. The molecule has 4 nitrogen and oxygen atoms in total. The lowest BCUT2D eigenvalue weighted by Gasteiger charge is -2.34. The Balaban J connectivity index is 1.50. The van der Waals surface area contributed by atoms with E-state index in [2.05, 4.69) is 4.90 Å². The molecule has 2 N–H and O–H groups in total. The molecule has 0 bridgehead atoms. The van der Waals surface area contributed by atoms with E-state index in [4.69, 9.17) is 5.73 Å². The largest absolute Gasteiger partial charge is 0.341 e. The fourth-order valence-electron chi connectivity index (χ4n) is 3.22. The summed E-state index contributed by atoms with van der Waals surface area (Å²) in [4.78, 5) is 18.0. The Bertz CT molecular complexity index is 440. The van der Waals surface area contributed by atoms with E-state index in [1.165, 1.54) is 4.88 Å². The molecule has 5 heteroatoms. The van der Waals surface area contributed by atoms with Crippen LogP contribution in [0.2, 0.25) is 0 Å². The predicted molar refractivity (Wildman–Crippen MR) is 81.8 cm³/mol. The van der Waals surface area contributed by atoms with E-state index in [0.29, 0.717) is 18.5 Å². The van der Waals surface area contributed by atoms with Gasteiger partial charge in [0, 0.05) is 30.1 Å². The second kappa shape index (κ2) is 6.24. The molecule has 2 aliphatic heterocycles. The summed E-state index contributed by atoms with van der Waals surface area (Å²) < 4.78 is 0. The van der Waals surface area contributed by atoms with Crippen molar-refractivity contribution in [3.05, 3.63) is 22.4 Å². The van der Waals surface area contributed by atoms with Crippen molar-refractivity contribution in [2.75, 3.05) is 26.2 Å². The zero-order valence-electron chi connectivity index (χ0n) is 11.8. The van der Waals surface area contributed by atoms with Crippen molar-refractivity contribution in [3.8, 4) is 0 Å². The van der Waals surface area contributed by atoms with Crippen LogP contribution in [0.1, 0.15) is 24.1 Å². The molecule has 2 aliphatic rings. The van der Waals surface area contributed by atoms with Crippen molar-refractivity contribution in [3.63, 3.8) is 0 Å². The van der Waals surface area contributed by atoms with E-state index >= 15 is 0 Å². The number of amides is 1. The van der Waals surface area contributed by atoms with Gasteiger partial charge in [-0.2, -0.15) is 0 Å². The van der Waals surface area contributed by atoms with Gasteiger partial charge in [-0.15, -0.1) is 11.3 Å². The third kappa shape index (κ3) is 3.22. The van der Waals surface area contributed by atoms with Crippen LogP contribution in [0.15, 0.2) is 17.5 Å². The van der Waals surface area contributed by atoms with E-state index in [1.807, 2.05) is 22.4 Å². The van der Waals surface area contributed by atoms with Gasteiger partial charge in [0.1, 0.15) is 0 Å². The topological polar surface area (TPSA) is 49.6 Å². The summed E-state index contributed by atoms with van der Waals surface area (Å²) in [5, 5.41) is 2.03. The maximum absolute atomic E-state index is 12.3. The highest BCUT2D eigenvalue weighted by molar-refractivity contribution is 7.10. The number of nitrogens with zero attached hydrogens (tertiary/aromatic N) is 2. The zero-order valence-corrected chi connectivity index (χ0v) is 12.6. The second-order valence-electron chi connectivity index (χ2n) is 5.91. The molecule has 2 fully saturated rings. The van der Waals surface area contributed by atoms with E-state index in [1.54, 1.807) is 11.3 Å². The summed E-state index contributed by atoms with van der Waals surface area (Å²) in [6.07, 6.45) is 3.87. The average molecular weight is 293 g/mol. The zero-order chi connectivity index (χ0) is 13.9. The molecule has 0 aliphatic carbocycles. The first-order valence-electron chi connectivity index (χ1n) is 7.52. The highest BCUT2D eigenvalue weighted by Crippen LogP contribution is 2.21. The molecule has 1 aromatic rings. The summed E-state index contributed by atoms with van der Waals surface area (Å²) >= 11 is 1.67. The number of hydrogen-bond donors (Lipinski definition) is 1. The molecule has 0 spiro atoms. The lowest BCUT2D eigenvalue weighted by Crippen LogP contribution is -2.46. The summed E-state index contributed by atoms with van der Waals surface area (Å²) in [5.41, 5.74) is 5.96. The number of thiophene rings is 1. The maximum Gasteiger partial charge on any atom is 0.227 e. The van der Waals surface area contributed by atoms with Gasteiger partial charge < -0.3 is 10.6 Å². The van der Waals surface area contributed by atoms with Gasteiger partial charge in [-0.1, -0.05) is 6.07 Å². The first-order chi connectivity index (χ1) is 9.72. The molecular formula is C15H23N3OS. The fourth-order valence-corrected chi connectivity index (χ4v) is 3.92. The van der Waals surface area contributed by atoms with E-state index < -0.39 is 0 Å². The first kappa shape index (κ1) is 14.0. The van der Waals surface area contributed by atoms with Crippen molar-refractivity contribution in [2.45, 2.75) is 37.8 Å². The second-order valence-corrected chi connectivity index (χ2v) is 6.94. The third-order valence-corrected chi connectivity index (χ3v) is 5.39. The Hall–Kier alpha value is -0.910. The van der Waals surface area contributed by atoms with Gasteiger partial charge in [-0.25, -0.2) is 0 Å². The minimum atomic E-state index is 0.281. The minimum Gasteiger partial charge on any atom is -0.341 e. The molecule has 110 valence electrons. The predicted octanol–water partition coefficient (Wildman–Crippen LogP) is 1.31. The van der Waals surface area contributed by atoms with Crippen molar-refractivity contribution in [1.82, 2.24) is 9.80 Å². The smallest absolute Gasteiger partial charge is 0.227 e. The van der Waals surface area contributed by atoms with Gasteiger partial charge in [-0.05, 0) is 43.8 Å². The quantitative estimate of drug-likeness (QED) is 0.914. The molecule has 0 saturated carbocycles. The van der Waals surface area contributed by atoms with Crippen molar-refractivity contribution in [2.24, 2.45) is 5.73 Å². The Morgan fingerprint density at radius 1 is 1.30 bits per heavy atom.